The molecule has 0 radical (unpaired) electrons. The number of carbonyl (C=O) groups is 2. The quantitative estimate of drug-likeness (QED) is 0.531. The standard InChI is InChI=1S/C20H22N6O.C2HF3O2/c1-25-14-22-19(24-25)15-6-8-16(9-7-15)20(27)23-17-4-2-3-5-18(17)26-12-10-21-11-13-26;3-2(4,5)1(6)7/h2-9,14,21H,10-13H2,1H3,(H,23,27);(H,6,7). The number of rotatable bonds is 4. The third-order valence-electron chi connectivity index (χ3n) is 4.86. The van der Waals surface area contributed by atoms with Crippen molar-refractivity contribution >= 4 is 23.3 Å². The molecular formula is C22H23F3N6O3. The maximum atomic E-state index is 12.7. The van der Waals surface area contributed by atoms with Crippen LogP contribution in [0.15, 0.2) is 54.9 Å². The van der Waals surface area contributed by atoms with Gasteiger partial charge in [-0.15, -0.1) is 0 Å². The van der Waals surface area contributed by atoms with Crippen molar-refractivity contribution in [2.24, 2.45) is 7.05 Å². The fraction of sp³-hybridized carbons (Fsp3) is 0.273. The molecule has 180 valence electrons. The Bertz CT molecular complexity index is 1130. The van der Waals surface area contributed by atoms with Gasteiger partial charge in [0.25, 0.3) is 5.91 Å². The molecule has 1 aliphatic rings. The Kier molecular flexibility index (Phi) is 7.84. The Labute approximate surface area is 193 Å². The van der Waals surface area contributed by atoms with Crippen molar-refractivity contribution in [2.75, 3.05) is 36.4 Å². The largest absolute Gasteiger partial charge is 0.490 e. The maximum absolute atomic E-state index is 12.7. The first-order valence-corrected chi connectivity index (χ1v) is 10.3. The van der Waals surface area contributed by atoms with Gasteiger partial charge in [0, 0.05) is 44.4 Å². The number of benzene rings is 2. The van der Waals surface area contributed by atoms with Crippen molar-refractivity contribution in [1.82, 2.24) is 20.1 Å². The van der Waals surface area contributed by atoms with Crippen molar-refractivity contribution in [3.63, 3.8) is 0 Å². The van der Waals surface area contributed by atoms with Gasteiger partial charge in [-0.1, -0.05) is 24.3 Å². The maximum Gasteiger partial charge on any atom is 0.490 e. The molecule has 1 aromatic heterocycles. The van der Waals surface area contributed by atoms with E-state index in [2.05, 4.69) is 31.7 Å². The molecule has 0 bridgehead atoms. The Morgan fingerprint density at radius 1 is 1.06 bits per heavy atom. The summed E-state index contributed by atoms with van der Waals surface area (Å²) < 4.78 is 33.4. The number of piperazine rings is 1. The molecule has 0 saturated carbocycles. The van der Waals surface area contributed by atoms with Crippen molar-refractivity contribution in [3.05, 3.63) is 60.4 Å². The molecule has 0 spiro atoms. The van der Waals surface area contributed by atoms with Crippen LogP contribution in [0.25, 0.3) is 11.4 Å². The van der Waals surface area contributed by atoms with E-state index in [1.807, 2.05) is 37.4 Å². The van der Waals surface area contributed by atoms with Gasteiger partial charge in [-0.2, -0.15) is 18.3 Å². The van der Waals surface area contributed by atoms with Crippen LogP contribution in [0, 0.1) is 0 Å². The lowest BCUT2D eigenvalue weighted by atomic mass is 10.1. The molecule has 3 N–H and O–H groups in total. The van der Waals surface area contributed by atoms with Gasteiger partial charge in [-0.3, -0.25) is 9.48 Å². The molecule has 1 fully saturated rings. The van der Waals surface area contributed by atoms with Crippen LogP contribution in [-0.2, 0) is 11.8 Å². The van der Waals surface area contributed by atoms with Crippen LogP contribution in [0.2, 0.25) is 0 Å². The van der Waals surface area contributed by atoms with Crippen LogP contribution in [0.4, 0.5) is 24.5 Å². The molecule has 1 amide bonds. The Morgan fingerprint density at radius 3 is 2.24 bits per heavy atom. The topological polar surface area (TPSA) is 112 Å². The molecular weight excluding hydrogens is 453 g/mol. The van der Waals surface area contributed by atoms with E-state index in [4.69, 9.17) is 9.90 Å². The van der Waals surface area contributed by atoms with Crippen LogP contribution in [0.5, 0.6) is 0 Å². The van der Waals surface area contributed by atoms with Crippen LogP contribution >= 0.6 is 0 Å². The molecule has 1 saturated heterocycles. The molecule has 12 heteroatoms. The predicted molar refractivity (Wildman–Crippen MR) is 120 cm³/mol. The summed E-state index contributed by atoms with van der Waals surface area (Å²) in [4.78, 5) is 28.1. The number of alkyl halides is 3. The van der Waals surface area contributed by atoms with Gasteiger partial charge in [0.05, 0.1) is 11.4 Å². The normalized spacial score (nSPS) is 13.6. The third-order valence-corrected chi connectivity index (χ3v) is 4.86. The van der Waals surface area contributed by atoms with Gasteiger partial charge in [-0.05, 0) is 24.3 Å². The number of para-hydroxylation sites is 2. The second-order valence-electron chi connectivity index (χ2n) is 7.33. The Morgan fingerprint density at radius 2 is 1.68 bits per heavy atom. The molecule has 9 nitrogen and oxygen atoms in total. The highest BCUT2D eigenvalue weighted by Gasteiger charge is 2.38. The highest BCUT2D eigenvalue weighted by molar-refractivity contribution is 6.06. The number of aromatic nitrogens is 3. The van der Waals surface area contributed by atoms with Crippen molar-refractivity contribution < 1.29 is 27.9 Å². The van der Waals surface area contributed by atoms with Gasteiger partial charge in [0.2, 0.25) is 0 Å². The number of aliphatic carboxylic acids is 1. The monoisotopic (exact) mass is 476 g/mol. The molecule has 1 aliphatic heterocycles. The van der Waals surface area contributed by atoms with E-state index in [9.17, 15) is 18.0 Å². The van der Waals surface area contributed by atoms with Crippen molar-refractivity contribution in [2.45, 2.75) is 6.18 Å². The minimum atomic E-state index is -5.08. The van der Waals surface area contributed by atoms with Crippen LogP contribution < -0.4 is 15.5 Å². The number of nitrogens with one attached hydrogen (secondary N) is 2. The van der Waals surface area contributed by atoms with E-state index in [0.717, 1.165) is 43.1 Å². The molecule has 0 atom stereocenters. The number of nitrogens with zero attached hydrogens (tertiary/aromatic N) is 4. The second-order valence-corrected chi connectivity index (χ2v) is 7.33. The summed E-state index contributed by atoms with van der Waals surface area (Å²) >= 11 is 0. The second kappa shape index (κ2) is 10.8. The summed E-state index contributed by atoms with van der Waals surface area (Å²) in [6.07, 6.45) is -3.43. The molecule has 2 aromatic carbocycles. The first-order valence-electron chi connectivity index (χ1n) is 10.3. The van der Waals surface area contributed by atoms with E-state index in [1.54, 1.807) is 23.1 Å². The number of carboxylic acid groups (broad SMARTS) is 1. The predicted octanol–water partition coefficient (Wildman–Crippen LogP) is 2.78. The smallest absolute Gasteiger partial charge is 0.475 e. The van der Waals surface area contributed by atoms with E-state index in [1.165, 1.54) is 0 Å². The fourth-order valence-corrected chi connectivity index (χ4v) is 3.20. The lowest BCUT2D eigenvalue weighted by Gasteiger charge is -2.31. The first kappa shape index (κ1) is 24.7. The van der Waals surface area contributed by atoms with E-state index >= 15 is 0 Å². The summed E-state index contributed by atoms with van der Waals surface area (Å²) in [5.74, 6) is -2.24. The minimum Gasteiger partial charge on any atom is -0.475 e. The number of halogens is 3. The first-order chi connectivity index (χ1) is 16.1. The van der Waals surface area contributed by atoms with Gasteiger partial charge in [0.1, 0.15) is 6.33 Å². The lowest BCUT2D eigenvalue weighted by Crippen LogP contribution is -2.43. The highest BCUT2D eigenvalue weighted by atomic mass is 19.4. The third kappa shape index (κ3) is 6.54. The lowest BCUT2D eigenvalue weighted by molar-refractivity contribution is -0.192. The van der Waals surface area contributed by atoms with Gasteiger partial charge in [-0.25, -0.2) is 9.78 Å². The van der Waals surface area contributed by atoms with Gasteiger partial charge in [0.15, 0.2) is 5.82 Å². The molecule has 4 rings (SSSR count). The summed E-state index contributed by atoms with van der Waals surface area (Å²) in [5.41, 5.74) is 3.37. The summed E-state index contributed by atoms with van der Waals surface area (Å²) in [7, 11) is 1.83. The average Bonchev–Trinajstić information content (AvgIpc) is 3.26. The number of hydrogen-bond acceptors (Lipinski definition) is 6. The SMILES string of the molecule is Cn1cnc(-c2ccc(C(=O)Nc3ccccc3N3CCNCC3)cc2)n1.O=C(O)C(F)(F)F. The number of anilines is 2. The number of hydrogen-bond donors (Lipinski definition) is 3. The molecule has 0 unspecified atom stereocenters. The Balaban J connectivity index is 0.000000406. The molecule has 0 aliphatic carbocycles. The highest BCUT2D eigenvalue weighted by Crippen LogP contribution is 2.26. The number of aryl methyl sites for hydroxylation is 1. The zero-order valence-corrected chi connectivity index (χ0v) is 18.2. The van der Waals surface area contributed by atoms with E-state index in [0.29, 0.717) is 11.4 Å². The zero-order valence-electron chi connectivity index (χ0n) is 18.2. The molecule has 3 aromatic rings. The summed E-state index contributed by atoms with van der Waals surface area (Å²) in [6, 6.07) is 15.3. The minimum absolute atomic E-state index is 0.127. The van der Waals surface area contributed by atoms with Gasteiger partial charge < -0.3 is 20.6 Å². The van der Waals surface area contributed by atoms with Gasteiger partial charge >= 0.3 is 12.1 Å². The number of carbonyl (C=O) groups excluding carboxylic acids is 1. The summed E-state index contributed by atoms with van der Waals surface area (Å²) in [6.45, 7) is 3.76. The van der Waals surface area contributed by atoms with Crippen molar-refractivity contribution in [1.29, 1.82) is 0 Å². The number of amides is 1. The Hall–Kier alpha value is -3.93. The van der Waals surface area contributed by atoms with E-state index < -0.39 is 12.1 Å². The zero-order chi connectivity index (χ0) is 24.7. The van der Waals surface area contributed by atoms with Crippen LogP contribution in [0.3, 0.4) is 0 Å². The molecule has 34 heavy (non-hydrogen) atoms. The number of carboxylic acids is 1. The fourth-order valence-electron chi connectivity index (χ4n) is 3.20. The van der Waals surface area contributed by atoms with Crippen molar-refractivity contribution in [3.8, 4) is 11.4 Å². The van der Waals surface area contributed by atoms with Crippen LogP contribution in [0.1, 0.15) is 10.4 Å². The molecule has 2 heterocycles. The van der Waals surface area contributed by atoms with E-state index in [-0.39, 0.29) is 5.91 Å². The van der Waals surface area contributed by atoms with Crippen LogP contribution in [-0.4, -0.2) is 64.1 Å². The summed E-state index contributed by atoms with van der Waals surface area (Å²) in [5, 5.41) is 17.8. The average molecular weight is 476 g/mol.